The summed E-state index contributed by atoms with van der Waals surface area (Å²) in [5.74, 6) is -3.37. The molecule has 0 bridgehead atoms. The van der Waals surface area contributed by atoms with Gasteiger partial charge in [-0.1, -0.05) is 13.8 Å². The fourth-order valence-corrected chi connectivity index (χ4v) is 2.63. The number of carbonyl (C=O) groups is 4. The standard InChI is InChI=1S/C19H37N7O6/c1-9(2)8-13(26-17(30)14(20)11(4)27)16(29)24-10(3)15(28)25-12(18(31)32)6-5-7-23-19(21)22/h9-14,27H,5-8,20H2,1-4H3,(H,24,29)(H,25,28)(H,26,30)(H,31,32)(H4,21,22,23). The van der Waals surface area contributed by atoms with Gasteiger partial charge >= 0.3 is 5.97 Å². The summed E-state index contributed by atoms with van der Waals surface area (Å²) in [6.45, 7) is 6.64. The first-order chi connectivity index (χ1) is 14.8. The number of aliphatic hydroxyl groups excluding tert-OH is 1. The van der Waals surface area contributed by atoms with Crippen LogP contribution in [0.2, 0.25) is 0 Å². The van der Waals surface area contributed by atoms with E-state index in [0.29, 0.717) is 6.42 Å². The van der Waals surface area contributed by atoms with Crippen LogP contribution in [-0.4, -0.2) is 76.7 Å². The molecule has 0 rings (SSSR count). The van der Waals surface area contributed by atoms with Gasteiger partial charge in [0.25, 0.3) is 0 Å². The van der Waals surface area contributed by atoms with Crippen molar-refractivity contribution >= 4 is 29.7 Å². The highest BCUT2D eigenvalue weighted by atomic mass is 16.4. The summed E-state index contributed by atoms with van der Waals surface area (Å²) in [6, 6.07) is -4.46. The second kappa shape index (κ2) is 14.2. The maximum atomic E-state index is 12.7. The van der Waals surface area contributed by atoms with E-state index in [1.54, 1.807) is 0 Å². The third-order valence-electron chi connectivity index (χ3n) is 4.47. The predicted octanol–water partition coefficient (Wildman–Crippen LogP) is -2.65. The molecule has 11 N–H and O–H groups in total. The molecule has 0 aromatic heterocycles. The van der Waals surface area contributed by atoms with Gasteiger partial charge in [-0.15, -0.1) is 0 Å². The van der Waals surface area contributed by atoms with E-state index in [9.17, 15) is 29.4 Å². The topological polar surface area (TPSA) is 235 Å². The summed E-state index contributed by atoms with van der Waals surface area (Å²) < 4.78 is 0. The Morgan fingerprint density at radius 3 is 1.94 bits per heavy atom. The number of nitrogens with one attached hydrogen (secondary N) is 3. The van der Waals surface area contributed by atoms with Gasteiger partial charge in [-0.05, 0) is 39.0 Å². The molecule has 0 aliphatic rings. The van der Waals surface area contributed by atoms with Crippen molar-refractivity contribution in [3.05, 3.63) is 0 Å². The van der Waals surface area contributed by atoms with Gasteiger partial charge in [0, 0.05) is 6.54 Å². The van der Waals surface area contributed by atoms with Crippen molar-refractivity contribution in [2.75, 3.05) is 6.54 Å². The van der Waals surface area contributed by atoms with E-state index >= 15 is 0 Å². The van der Waals surface area contributed by atoms with Crippen LogP contribution in [-0.2, 0) is 19.2 Å². The molecule has 13 nitrogen and oxygen atoms in total. The Hall–Kier alpha value is -2.93. The van der Waals surface area contributed by atoms with E-state index in [0.717, 1.165) is 0 Å². The Morgan fingerprint density at radius 1 is 0.906 bits per heavy atom. The molecule has 184 valence electrons. The van der Waals surface area contributed by atoms with E-state index in [1.165, 1.54) is 13.8 Å². The molecule has 0 aromatic carbocycles. The monoisotopic (exact) mass is 459 g/mol. The van der Waals surface area contributed by atoms with Crippen LogP contribution in [0.1, 0.15) is 47.0 Å². The summed E-state index contributed by atoms with van der Waals surface area (Å²) >= 11 is 0. The van der Waals surface area contributed by atoms with Crippen LogP contribution in [0.4, 0.5) is 0 Å². The zero-order chi connectivity index (χ0) is 25.0. The molecule has 0 aromatic rings. The fourth-order valence-electron chi connectivity index (χ4n) is 2.63. The lowest BCUT2D eigenvalue weighted by atomic mass is 10.0. The van der Waals surface area contributed by atoms with Crippen molar-refractivity contribution in [3.8, 4) is 0 Å². The summed E-state index contributed by atoms with van der Waals surface area (Å²) in [6.07, 6.45) is -0.438. The number of amides is 3. The molecule has 13 heteroatoms. The first-order valence-corrected chi connectivity index (χ1v) is 10.4. The number of rotatable bonds is 14. The molecule has 0 aliphatic carbocycles. The molecule has 32 heavy (non-hydrogen) atoms. The lowest BCUT2D eigenvalue weighted by Crippen LogP contribution is -2.57. The SMILES string of the molecule is CC(C)CC(NC(=O)C(N)C(C)O)C(=O)NC(C)C(=O)NC(CCCN=C(N)N)C(=O)O. The second-order valence-corrected chi connectivity index (χ2v) is 8.04. The quantitative estimate of drug-likeness (QED) is 0.0768. The molecule has 0 spiro atoms. The highest BCUT2D eigenvalue weighted by molar-refractivity contribution is 5.94. The van der Waals surface area contributed by atoms with Gasteiger partial charge in [0.1, 0.15) is 24.2 Å². The maximum Gasteiger partial charge on any atom is 0.326 e. The number of aliphatic carboxylic acids is 1. The van der Waals surface area contributed by atoms with Crippen LogP contribution >= 0.6 is 0 Å². The zero-order valence-corrected chi connectivity index (χ0v) is 19.0. The van der Waals surface area contributed by atoms with Crippen LogP contribution in [0, 0.1) is 5.92 Å². The molecule has 0 fully saturated rings. The Morgan fingerprint density at radius 2 is 1.47 bits per heavy atom. The third kappa shape index (κ3) is 11.5. The van der Waals surface area contributed by atoms with E-state index in [2.05, 4.69) is 20.9 Å². The number of nitrogens with zero attached hydrogens (tertiary/aromatic N) is 1. The number of aliphatic hydroxyl groups is 1. The molecule has 0 aliphatic heterocycles. The van der Waals surface area contributed by atoms with Crippen LogP contribution in [0.15, 0.2) is 4.99 Å². The van der Waals surface area contributed by atoms with Crippen molar-refractivity contribution < 1.29 is 29.4 Å². The number of guanidine groups is 1. The molecular weight excluding hydrogens is 422 g/mol. The fraction of sp³-hybridized carbons (Fsp3) is 0.737. The van der Waals surface area contributed by atoms with Crippen LogP contribution in [0.25, 0.3) is 0 Å². The summed E-state index contributed by atoms with van der Waals surface area (Å²) in [5.41, 5.74) is 16.0. The molecule has 5 unspecified atom stereocenters. The van der Waals surface area contributed by atoms with Gasteiger partial charge < -0.3 is 43.4 Å². The Balaban J connectivity index is 5.01. The largest absolute Gasteiger partial charge is 0.480 e. The van der Waals surface area contributed by atoms with Gasteiger partial charge in [0.05, 0.1) is 6.10 Å². The van der Waals surface area contributed by atoms with E-state index in [4.69, 9.17) is 17.2 Å². The number of carboxylic acid groups (broad SMARTS) is 1. The van der Waals surface area contributed by atoms with Crippen molar-refractivity contribution in [3.63, 3.8) is 0 Å². The van der Waals surface area contributed by atoms with Crippen molar-refractivity contribution in [1.82, 2.24) is 16.0 Å². The van der Waals surface area contributed by atoms with Crippen LogP contribution < -0.4 is 33.2 Å². The average molecular weight is 460 g/mol. The van der Waals surface area contributed by atoms with Gasteiger partial charge in [-0.25, -0.2) is 4.79 Å². The normalized spacial score (nSPS) is 15.6. The predicted molar refractivity (Wildman–Crippen MR) is 118 cm³/mol. The summed E-state index contributed by atoms with van der Waals surface area (Å²) in [7, 11) is 0. The number of aliphatic imine (C=N–C) groups is 1. The lowest BCUT2D eigenvalue weighted by Gasteiger charge is -2.25. The van der Waals surface area contributed by atoms with Crippen LogP contribution in [0.5, 0.6) is 0 Å². The summed E-state index contributed by atoms with van der Waals surface area (Å²) in [5, 5.41) is 26.1. The first kappa shape index (κ1) is 29.1. The highest BCUT2D eigenvalue weighted by Gasteiger charge is 2.29. The Labute approximate surface area is 187 Å². The number of carbonyl (C=O) groups excluding carboxylic acids is 3. The molecule has 3 amide bonds. The van der Waals surface area contributed by atoms with Gasteiger partial charge in [-0.3, -0.25) is 19.4 Å². The first-order valence-electron chi connectivity index (χ1n) is 10.4. The Kier molecular flexibility index (Phi) is 12.9. The van der Waals surface area contributed by atoms with Crippen molar-refractivity contribution in [1.29, 1.82) is 0 Å². The molecule has 0 saturated heterocycles. The second-order valence-electron chi connectivity index (χ2n) is 8.04. The smallest absolute Gasteiger partial charge is 0.326 e. The number of carboxylic acids is 1. The minimum Gasteiger partial charge on any atom is -0.480 e. The molecular formula is C19H37N7O6. The number of hydrogen-bond acceptors (Lipinski definition) is 7. The minimum atomic E-state index is -1.24. The minimum absolute atomic E-state index is 0.0274. The molecule has 0 radical (unpaired) electrons. The zero-order valence-electron chi connectivity index (χ0n) is 19.0. The number of nitrogens with two attached hydrogens (primary N) is 3. The Bertz CT molecular complexity index is 679. The maximum absolute atomic E-state index is 12.7. The van der Waals surface area contributed by atoms with Gasteiger partial charge in [0.2, 0.25) is 17.7 Å². The molecule has 5 atom stereocenters. The van der Waals surface area contributed by atoms with Crippen molar-refractivity contribution in [2.24, 2.45) is 28.1 Å². The van der Waals surface area contributed by atoms with Crippen molar-refractivity contribution in [2.45, 2.75) is 77.2 Å². The summed E-state index contributed by atoms with van der Waals surface area (Å²) in [4.78, 5) is 52.4. The van der Waals surface area contributed by atoms with Gasteiger partial charge in [0.15, 0.2) is 5.96 Å². The lowest BCUT2D eigenvalue weighted by molar-refractivity contribution is -0.142. The highest BCUT2D eigenvalue weighted by Crippen LogP contribution is 2.07. The molecule has 0 saturated carbocycles. The van der Waals surface area contributed by atoms with E-state index < -0.39 is 54.0 Å². The molecule has 0 heterocycles. The van der Waals surface area contributed by atoms with Gasteiger partial charge in [-0.2, -0.15) is 0 Å². The average Bonchev–Trinajstić information content (AvgIpc) is 2.67. The third-order valence-corrected chi connectivity index (χ3v) is 4.47. The van der Waals surface area contributed by atoms with Crippen LogP contribution in [0.3, 0.4) is 0 Å². The number of hydrogen-bond donors (Lipinski definition) is 8. The van der Waals surface area contributed by atoms with E-state index in [1.807, 2.05) is 13.8 Å². The van der Waals surface area contributed by atoms with E-state index in [-0.39, 0.29) is 31.3 Å².